The summed E-state index contributed by atoms with van der Waals surface area (Å²) in [5.74, 6) is 0. The van der Waals surface area contributed by atoms with E-state index < -0.39 is 0 Å². The number of rotatable bonds is 1. The predicted octanol–water partition coefficient (Wildman–Crippen LogP) is 1.18. The second-order valence-electron chi connectivity index (χ2n) is 3.40. The summed E-state index contributed by atoms with van der Waals surface area (Å²) in [6.07, 6.45) is 1.72. The molecule has 1 aromatic rings. The van der Waals surface area contributed by atoms with Gasteiger partial charge in [0.2, 0.25) is 0 Å². The van der Waals surface area contributed by atoms with Gasteiger partial charge in [-0.1, -0.05) is 0 Å². The van der Waals surface area contributed by atoms with Gasteiger partial charge in [0.15, 0.2) is 0 Å². The van der Waals surface area contributed by atoms with Gasteiger partial charge in [-0.2, -0.15) is 0 Å². The monoisotopic (exact) mass is 194 g/mol. The SMILES string of the molecule is Cc1ncc([C@H]2COCCO2)nc1C. The highest BCUT2D eigenvalue weighted by Crippen LogP contribution is 2.18. The number of ether oxygens (including phenoxy) is 2. The van der Waals surface area contributed by atoms with E-state index in [1.54, 1.807) is 6.20 Å². The number of nitrogens with zero attached hydrogens (tertiary/aromatic N) is 2. The van der Waals surface area contributed by atoms with Crippen molar-refractivity contribution >= 4 is 0 Å². The van der Waals surface area contributed by atoms with Gasteiger partial charge < -0.3 is 9.47 Å². The number of aryl methyl sites for hydroxylation is 2. The van der Waals surface area contributed by atoms with Crippen molar-refractivity contribution in [3.05, 3.63) is 23.3 Å². The summed E-state index contributed by atoms with van der Waals surface area (Å²) < 4.78 is 10.8. The van der Waals surface area contributed by atoms with Crippen LogP contribution in [0.15, 0.2) is 6.20 Å². The van der Waals surface area contributed by atoms with Gasteiger partial charge in [-0.05, 0) is 13.8 Å². The molecule has 1 fully saturated rings. The van der Waals surface area contributed by atoms with E-state index >= 15 is 0 Å². The molecule has 0 spiro atoms. The Morgan fingerprint density at radius 1 is 1.29 bits per heavy atom. The lowest BCUT2D eigenvalue weighted by molar-refractivity contribution is -0.0919. The standard InChI is InChI=1S/C10H14N2O2/c1-7-8(2)12-9(5-11-7)10-6-13-3-4-14-10/h5,10H,3-4,6H2,1-2H3/t10-/m1/s1. The van der Waals surface area contributed by atoms with E-state index in [1.165, 1.54) is 0 Å². The molecule has 0 aliphatic carbocycles. The first-order valence-corrected chi connectivity index (χ1v) is 4.77. The van der Waals surface area contributed by atoms with Crippen LogP contribution in [-0.4, -0.2) is 29.8 Å². The van der Waals surface area contributed by atoms with Gasteiger partial charge in [0.25, 0.3) is 0 Å². The van der Waals surface area contributed by atoms with E-state index in [9.17, 15) is 0 Å². The van der Waals surface area contributed by atoms with Crippen LogP contribution in [-0.2, 0) is 9.47 Å². The lowest BCUT2D eigenvalue weighted by Gasteiger charge is -2.22. The Kier molecular flexibility index (Phi) is 2.74. The molecule has 4 nitrogen and oxygen atoms in total. The second-order valence-corrected chi connectivity index (χ2v) is 3.40. The van der Waals surface area contributed by atoms with Crippen LogP contribution in [0.5, 0.6) is 0 Å². The third kappa shape index (κ3) is 1.91. The first-order chi connectivity index (χ1) is 6.77. The largest absolute Gasteiger partial charge is 0.376 e. The number of aromatic nitrogens is 2. The Bertz CT molecular complexity index is 322. The zero-order valence-corrected chi connectivity index (χ0v) is 8.49. The van der Waals surface area contributed by atoms with Gasteiger partial charge in [0.05, 0.1) is 43.1 Å². The maximum absolute atomic E-state index is 5.53. The molecule has 1 atom stereocenters. The van der Waals surface area contributed by atoms with Gasteiger partial charge >= 0.3 is 0 Å². The molecule has 0 unspecified atom stereocenters. The van der Waals surface area contributed by atoms with Crippen LogP contribution < -0.4 is 0 Å². The first kappa shape index (κ1) is 9.55. The molecule has 0 N–H and O–H groups in total. The fourth-order valence-electron chi connectivity index (χ4n) is 1.37. The van der Waals surface area contributed by atoms with Crippen LogP contribution in [0.1, 0.15) is 23.2 Å². The zero-order chi connectivity index (χ0) is 9.97. The maximum Gasteiger partial charge on any atom is 0.124 e. The van der Waals surface area contributed by atoms with E-state index in [0.29, 0.717) is 19.8 Å². The van der Waals surface area contributed by atoms with Gasteiger partial charge in [0.1, 0.15) is 6.10 Å². The molecule has 0 bridgehead atoms. The van der Waals surface area contributed by atoms with Crippen LogP contribution in [0.2, 0.25) is 0 Å². The minimum Gasteiger partial charge on any atom is -0.376 e. The molecular weight excluding hydrogens is 180 g/mol. The van der Waals surface area contributed by atoms with Crippen molar-refractivity contribution in [2.45, 2.75) is 20.0 Å². The fourth-order valence-corrected chi connectivity index (χ4v) is 1.37. The molecular formula is C10H14N2O2. The predicted molar refractivity (Wildman–Crippen MR) is 51.0 cm³/mol. The fraction of sp³-hybridized carbons (Fsp3) is 0.600. The highest BCUT2D eigenvalue weighted by Gasteiger charge is 2.18. The van der Waals surface area contributed by atoms with Gasteiger partial charge in [-0.25, -0.2) is 0 Å². The summed E-state index contributed by atoms with van der Waals surface area (Å²) in [5.41, 5.74) is 2.79. The highest BCUT2D eigenvalue weighted by atomic mass is 16.6. The Balaban J connectivity index is 2.18. The molecule has 1 aromatic heterocycles. The molecule has 0 radical (unpaired) electrons. The maximum atomic E-state index is 5.53. The van der Waals surface area contributed by atoms with E-state index in [2.05, 4.69) is 9.97 Å². The lowest BCUT2D eigenvalue weighted by atomic mass is 10.2. The topological polar surface area (TPSA) is 44.2 Å². The summed E-state index contributed by atoms with van der Waals surface area (Å²) in [4.78, 5) is 8.68. The van der Waals surface area contributed by atoms with Crippen molar-refractivity contribution in [3.8, 4) is 0 Å². The van der Waals surface area contributed by atoms with Crippen LogP contribution in [0, 0.1) is 13.8 Å². The molecule has 1 saturated heterocycles. The quantitative estimate of drug-likeness (QED) is 0.673. The molecule has 76 valence electrons. The smallest absolute Gasteiger partial charge is 0.124 e. The van der Waals surface area contributed by atoms with Crippen molar-refractivity contribution in [2.75, 3.05) is 19.8 Å². The summed E-state index contributed by atoms with van der Waals surface area (Å²) >= 11 is 0. The summed E-state index contributed by atoms with van der Waals surface area (Å²) in [6.45, 7) is 5.80. The van der Waals surface area contributed by atoms with E-state index in [4.69, 9.17) is 9.47 Å². The molecule has 2 heterocycles. The van der Waals surface area contributed by atoms with E-state index in [1.807, 2.05) is 13.8 Å². The zero-order valence-electron chi connectivity index (χ0n) is 8.49. The average Bonchev–Trinajstić information content (AvgIpc) is 2.23. The van der Waals surface area contributed by atoms with Gasteiger partial charge in [0, 0.05) is 0 Å². The minimum atomic E-state index is -0.0458. The molecule has 4 heteroatoms. The molecule has 2 rings (SSSR count). The molecule has 1 aliphatic heterocycles. The van der Waals surface area contributed by atoms with Gasteiger partial charge in [-0.3, -0.25) is 9.97 Å². The van der Waals surface area contributed by atoms with Crippen molar-refractivity contribution in [1.82, 2.24) is 9.97 Å². The minimum absolute atomic E-state index is 0.0458. The average molecular weight is 194 g/mol. The lowest BCUT2D eigenvalue weighted by Crippen LogP contribution is -2.23. The van der Waals surface area contributed by atoms with Crippen LogP contribution in [0.25, 0.3) is 0 Å². The Labute approximate surface area is 83.3 Å². The van der Waals surface area contributed by atoms with Crippen LogP contribution >= 0.6 is 0 Å². The van der Waals surface area contributed by atoms with Crippen LogP contribution in [0.3, 0.4) is 0 Å². The van der Waals surface area contributed by atoms with Crippen molar-refractivity contribution in [1.29, 1.82) is 0 Å². The van der Waals surface area contributed by atoms with E-state index in [0.717, 1.165) is 17.1 Å². The molecule has 0 saturated carbocycles. The van der Waals surface area contributed by atoms with Crippen LogP contribution in [0.4, 0.5) is 0 Å². The summed E-state index contributed by atoms with van der Waals surface area (Å²) in [6, 6.07) is 0. The highest BCUT2D eigenvalue weighted by molar-refractivity contribution is 5.12. The normalized spacial score (nSPS) is 22.3. The molecule has 0 amide bonds. The van der Waals surface area contributed by atoms with E-state index in [-0.39, 0.29) is 6.10 Å². The van der Waals surface area contributed by atoms with Gasteiger partial charge in [-0.15, -0.1) is 0 Å². The first-order valence-electron chi connectivity index (χ1n) is 4.77. The molecule has 0 aromatic carbocycles. The third-order valence-electron chi connectivity index (χ3n) is 2.36. The van der Waals surface area contributed by atoms with Crippen molar-refractivity contribution in [3.63, 3.8) is 0 Å². The van der Waals surface area contributed by atoms with Crippen molar-refractivity contribution < 1.29 is 9.47 Å². The molecule has 14 heavy (non-hydrogen) atoms. The number of hydrogen-bond donors (Lipinski definition) is 0. The Morgan fingerprint density at radius 3 is 2.79 bits per heavy atom. The summed E-state index contributed by atoms with van der Waals surface area (Å²) in [7, 11) is 0. The molecule has 1 aliphatic rings. The Hall–Kier alpha value is -1.00. The second kappa shape index (κ2) is 4.02. The number of hydrogen-bond acceptors (Lipinski definition) is 4. The Morgan fingerprint density at radius 2 is 2.14 bits per heavy atom. The summed E-state index contributed by atoms with van der Waals surface area (Å²) in [5, 5.41) is 0. The third-order valence-corrected chi connectivity index (χ3v) is 2.36. The van der Waals surface area contributed by atoms with Crippen molar-refractivity contribution in [2.24, 2.45) is 0 Å².